The SMILES string of the molecule is O=C(Nc1ncn(Cc2ccc(Cl)cc2)n1)c1ccc(COc2ccc(F)cc2Cl)o1. The number of furan rings is 1. The lowest BCUT2D eigenvalue weighted by molar-refractivity contribution is 0.0991. The van der Waals surface area contributed by atoms with E-state index < -0.39 is 11.7 Å². The monoisotopic (exact) mass is 460 g/mol. The van der Waals surface area contributed by atoms with Gasteiger partial charge < -0.3 is 9.15 Å². The molecule has 7 nitrogen and oxygen atoms in total. The Morgan fingerprint density at radius 2 is 1.94 bits per heavy atom. The van der Waals surface area contributed by atoms with Crippen molar-refractivity contribution in [3.63, 3.8) is 0 Å². The maximum Gasteiger partial charge on any atom is 0.293 e. The molecule has 0 spiro atoms. The Morgan fingerprint density at radius 1 is 1.13 bits per heavy atom. The lowest BCUT2D eigenvalue weighted by atomic mass is 10.2. The van der Waals surface area contributed by atoms with E-state index in [0.29, 0.717) is 23.1 Å². The van der Waals surface area contributed by atoms with Crippen molar-refractivity contribution in [2.75, 3.05) is 5.32 Å². The molecular formula is C21H15Cl2FN4O3. The van der Waals surface area contributed by atoms with Gasteiger partial charge in [0.2, 0.25) is 5.95 Å². The van der Waals surface area contributed by atoms with E-state index in [0.717, 1.165) is 11.6 Å². The van der Waals surface area contributed by atoms with Gasteiger partial charge in [-0.15, -0.1) is 5.10 Å². The van der Waals surface area contributed by atoms with Crippen LogP contribution in [0.3, 0.4) is 0 Å². The maximum absolute atomic E-state index is 13.1. The molecule has 0 saturated carbocycles. The molecule has 2 heterocycles. The molecule has 0 aliphatic rings. The van der Waals surface area contributed by atoms with E-state index in [1.165, 1.54) is 24.5 Å². The van der Waals surface area contributed by atoms with E-state index in [2.05, 4.69) is 15.4 Å². The first-order valence-electron chi connectivity index (χ1n) is 9.08. The maximum atomic E-state index is 13.1. The summed E-state index contributed by atoms with van der Waals surface area (Å²) in [5, 5.41) is 7.59. The minimum Gasteiger partial charge on any atom is -0.484 e. The molecular weight excluding hydrogens is 446 g/mol. The fourth-order valence-electron chi connectivity index (χ4n) is 2.69. The molecule has 4 aromatic rings. The Bertz CT molecular complexity index is 1210. The standard InChI is InChI=1S/C21H15Cl2FN4O3/c22-14-3-1-13(2-4-14)10-28-12-25-21(27-28)26-20(29)19-8-6-16(31-19)11-30-18-7-5-15(24)9-17(18)23/h1-9,12H,10-11H2,(H,26,27,29). The number of benzene rings is 2. The lowest BCUT2D eigenvalue weighted by Gasteiger charge is -2.06. The second-order valence-corrected chi connectivity index (χ2v) is 7.32. The summed E-state index contributed by atoms with van der Waals surface area (Å²) in [6.45, 7) is 0.501. The third-order valence-corrected chi connectivity index (χ3v) is 4.72. The van der Waals surface area contributed by atoms with Gasteiger partial charge >= 0.3 is 0 Å². The van der Waals surface area contributed by atoms with E-state index in [9.17, 15) is 9.18 Å². The number of amides is 1. The van der Waals surface area contributed by atoms with Crippen molar-refractivity contribution in [1.29, 1.82) is 0 Å². The van der Waals surface area contributed by atoms with Gasteiger partial charge in [0.25, 0.3) is 5.91 Å². The molecule has 0 aliphatic carbocycles. The highest BCUT2D eigenvalue weighted by Crippen LogP contribution is 2.26. The zero-order valence-corrected chi connectivity index (χ0v) is 17.4. The number of carbonyl (C=O) groups is 1. The van der Waals surface area contributed by atoms with Crippen LogP contribution >= 0.6 is 23.2 Å². The van der Waals surface area contributed by atoms with Gasteiger partial charge in [-0.25, -0.2) is 14.1 Å². The van der Waals surface area contributed by atoms with Crippen LogP contribution in [0.25, 0.3) is 0 Å². The Kier molecular flexibility index (Phi) is 6.20. The summed E-state index contributed by atoms with van der Waals surface area (Å²) in [6, 6.07) is 14.3. The van der Waals surface area contributed by atoms with Crippen molar-refractivity contribution < 1.29 is 18.3 Å². The van der Waals surface area contributed by atoms with Crippen molar-refractivity contribution >= 4 is 35.1 Å². The summed E-state index contributed by atoms with van der Waals surface area (Å²) < 4.78 is 25.7. The molecule has 0 aliphatic heterocycles. The van der Waals surface area contributed by atoms with Gasteiger partial charge in [-0.3, -0.25) is 10.1 Å². The highest BCUT2D eigenvalue weighted by Gasteiger charge is 2.14. The summed E-state index contributed by atoms with van der Waals surface area (Å²) in [5.41, 5.74) is 0.990. The third-order valence-electron chi connectivity index (χ3n) is 4.17. The number of ether oxygens (including phenoxy) is 1. The van der Waals surface area contributed by atoms with Crippen molar-refractivity contribution in [3.8, 4) is 5.75 Å². The second-order valence-electron chi connectivity index (χ2n) is 6.48. The van der Waals surface area contributed by atoms with E-state index in [1.54, 1.807) is 22.9 Å². The summed E-state index contributed by atoms with van der Waals surface area (Å²) in [5.74, 6) is -0.0504. The van der Waals surface area contributed by atoms with Crippen LogP contribution in [0.2, 0.25) is 10.0 Å². The first kappa shape index (κ1) is 20.9. The lowest BCUT2D eigenvalue weighted by Crippen LogP contribution is -2.12. The predicted molar refractivity (Wildman–Crippen MR) is 113 cm³/mol. The number of hydrogen-bond donors (Lipinski definition) is 1. The normalized spacial score (nSPS) is 10.8. The number of nitrogens with one attached hydrogen (secondary N) is 1. The predicted octanol–water partition coefficient (Wildman–Crippen LogP) is 5.20. The van der Waals surface area contributed by atoms with Crippen LogP contribution in [-0.4, -0.2) is 20.7 Å². The number of rotatable bonds is 7. The van der Waals surface area contributed by atoms with Crippen LogP contribution in [0.1, 0.15) is 21.9 Å². The number of carbonyl (C=O) groups excluding carboxylic acids is 1. The molecule has 0 bridgehead atoms. The fraction of sp³-hybridized carbons (Fsp3) is 0.0952. The molecule has 2 aromatic carbocycles. The number of halogens is 3. The van der Waals surface area contributed by atoms with Crippen molar-refractivity contribution in [2.45, 2.75) is 13.2 Å². The summed E-state index contributed by atoms with van der Waals surface area (Å²) in [4.78, 5) is 16.5. The average molecular weight is 461 g/mol. The number of anilines is 1. The average Bonchev–Trinajstić information content (AvgIpc) is 3.39. The number of nitrogens with zero attached hydrogens (tertiary/aromatic N) is 3. The van der Waals surface area contributed by atoms with Crippen LogP contribution in [0.15, 0.2) is 65.3 Å². The molecule has 0 radical (unpaired) electrons. The van der Waals surface area contributed by atoms with E-state index in [4.69, 9.17) is 32.4 Å². The van der Waals surface area contributed by atoms with Crippen LogP contribution in [-0.2, 0) is 13.2 Å². The molecule has 0 unspecified atom stereocenters. The first-order valence-corrected chi connectivity index (χ1v) is 9.84. The number of hydrogen-bond acceptors (Lipinski definition) is 5. The molecule has 0 fully saturated rings. The topological polar surface area (TPSA) is 82.2 Å². The van der Waals surface area contributed by atoms with Crippen LogP contribution < -0.4 is 10.1 Å². The van der Waals surface area contributed by atoms with E-state index >= 15 is 0 Å². The van der Waals surface area contributed by atoms with Gasteiger partial charge in [0.05, 0.1) is 11.6 Å². The van der Waals surface area contributed by atoms with Gasteiger partial charge in [0.15, 0.2) is 5.76 Å². The summed E-state index contributed by atoms with van der Waals surface area (Å²) >= 11 is 11.8. The summed E-state index contributed by atoms with van der Waals surface area (Å²) in [7, 11) is 0. The van der Waals surface area contributed by atoms with Gasteiger partial charge in [-0.05, 0) is 48.0 Å². The van der Waals surface area contributed by atoms with Gasteiger partial charge in [-0.2, -0.15) is 0 Å². The summed E-state index contributed by atoms with van der Waals surface area (Å²) in [6.07, 6.45) is 1.51. The van der Waals surface area contributed by atoms with Crippen LogP contribution in [0, 0.1) is 5.82 Å². The largest absolute Gasteiger partial charge is 0.484 e. The molecule has 2 aromatic heterocycles. The molecule has 0 atom stereocenters. The molecule has 1 amide bonds. The molecule has 1 N–H and O–H groups in total. The second kappa shape index (κ2) is 9.20. The Hall–Kier alpha value is -3.36. The Labute approximate surface area is 186 Å². The van der Waals surface area contributed by atoms with Crippen LogP contribution in [0.5, 0.6) is 5.75 Å². The fourth-order valence-corrected chi connectivity index (χ4v) is 3.03. The molecule has 0 saturated heterocycles. The molecule has 31 heavy (non-hydrogen) atoms. The zero-order valence-electron chi connectivity index (χ0n) is 15.9. The Balaban J connectivity index is 1.33. The quantitative estimate of drug-likeness (QED) is 0.409. The van der Waals surface area contributed by atoms with Gasteiger partial charge in [0.1, 0.15) is 30.3 Å². The zero-order chi connectivity index (χ0) is 21.8. The molecule has 4 rings (SSSR count). The Morgan fingerprint density at radius 3 is 2.71 bits per heavy atom. The van der Waals surface area contributed by atoms with E-state index in [-0.39, 0.29) is 23.3 Å². The smallest absolute Gasteiger partial charge is 0.293 e. The minimum atomic E-state index is -0.504. The molecule has 10 heteroatoms. The van der Waals surface area contributed by atoms with Crippen molar-refractivity contribution in [2.24, 2.45) is 0 Å². The highest BCUT2D eigenvalue weighted by atomic mass is 35.5. The van der Waals surface area contributed by atoms with Crippen LogP contribution in [0.4, 0.5) is 10.3 Å². The molecule has 158 valence electrons. The third kappa shape index (κ3) is 5.42. The van der Waals surface area contributed by atoms with Crippen molar-refractivity contribution in [1.82, 2.24) is 14.8 Å². The van der Waals surface area contributed by atoms with Gasteiger partial charge in [-0.1, -0.05) is 35.3 Å². The number of aromatic nitrogens is 3. The minimum absolute atomic E-state index is 0.0204. The highest BCUT2D eigenvalue weighted by molar-refractivity contribution is 6.32. The van der Waals surface area contributed by atoms with Crippen molar-refractivity contribution in [3.05, 3.63) is 93.9 Å². The first-order chi connectivity index (χ1) is 15.0. The van der Waals surface area contributed by atoms with Gasteiger partial charge in [0, 0.05) is 5.02 Å². The van der Waals surface area contributed by atoms with E-state index in [1.807, 2.05) is 12.1 Å².